The molecule has 21 heavy (non-hydrogen) atoms. The molecular weight excluding hydrogens is 365 g/mol. The lowest BCUT2D eigenvalue weighted by Crippen LogP contribution is -2.03. The summed E-state index contributed by atoms with van der Waals surface area (Å²) in [5, 5.41) is 13.9. The largest absolute Gasteiger partial charge is 0.370 e. The lowest BCUT2D eigenvalue weighted by atomic mass is 10.1. The third-order valence-corrected chi connectivity index (χ3v) is 3.98. The average molecular weight is 375 g/mol. The van der Waals surface area contributed by atoms with Crippen molar-refractivity contribution in [3.05, 3.63) is 49.7 Å². The standard InChI is InChI=1S/C13H10BrClFN3O2/c1-2-17-10-6-5-9(19(20)21)13(18-10)7-3-4-8(14)11(15)12(7)16/h3-6H,2H2,1H3,(H,17,18). The van der Waals surface area contributed by atoms with E-state index in [-0.39, 0.29) is 22.0 Å². The summed E-state index contributed by atoms with van der Waals surface area (Å²) in [7, 11) is 0. The van der Waals surface area contributed by atoms with Crippen molar-refractivity contribution >= 4 is 39.0 Å². The number of aromatic nitrogens is 1. The number of nitro groups is 1. The summed E-state index contributed by atoms with van der Waals surface area (Å²) in [6, 6.07) is 5.68. The molecule has 8 heteroatoms. The summed E-state index contributed by atoms with van der Waals surface area (Å²) >= 11 is 8.93. The van der Waals surface area contributed by atoms with Crippen LogP contribution in [0.1, 0.15) is 6.92 Å². The van der Waals surface area contributed by atoms with Gasteiger partial charge in [0.25, 0.3) is 5.69 Å². The van der Waals surface area contributed by atoms with Crippen LogP contribution in [-0.4, -0.2) is 16.5 Å². The molecule has 0 aliphatic heterocycles. The Balaban J connectivity index is 2.68. The van der Waals surface area contributed by atoms with Crippen molar-refractivity contribution in [3.63, 3.8) is 0 Å². The van der Waals surface area contributed by atoms with Crippen molar-refractivity contribution < 1.29 is 9.31 Å². The van der Waals surface area contributed by atoms with E-state index in [9.17, 15) is 14.5 Å². The maximum atomic E-state index is 14.3. The van der Waals surface area contributed by atoms with Gasteiger partial charge < -0.3 is 5.32 Å². The number of rotatable bonds is 4. The van der Waals surface area contributed by atoms with E-state index in [0.717, 1.165) is 0 Å². The van der Waals surface area contributed by atoms with Crippen LogP contribution in [0.25, 0.3) is 11.3 Å². The van der Waals surface area contributed by atoms with Gasteiger partial charge in [-0.1, -0.05) is 11.6 Å². The number of pyridine rings is 1. The SMILES string of the molecule is CCNc1ccc([N+](=O)[O-])c(-c2ccc(Br)c(Cl)c2F)n1. The first-order valence-electron chi connectivity index (χ1n) is 5.98. The van der Waals surface area contributed by atoms with Crippen molar-refractivity contribution in [2.75, 3.05) is 11.9 Å². The Hall–Kier alpha value is -1.73. The first-order valence-corrected chi connectivity index (χ1v) is 7.16. The molecule has 2 aromatic rings. The molecule has 0 aliphatic rings. The second-order valence-electron chi connectivity index (χ2n) is 4.07. The summed E-state index contributed by atoms with van der Waals surface area (Å²) in [6.45, 7) is 2.45. The first kappa shape index (κ1) is 15.7. The Labute approximate surface area is 133 Å². The zero-order valence-electron chi connectivity index (χ0n) is 10.9. The van der Waals surface area contributed by atoms with Crippen molar-refractivity contribution in [2.24, 2.45) is 0 Å². The minimum atomic E-state index is -0.754. The van der Waals surface area contributed by atoms with E-state index in [4.69, 9.17) is 11.6 Å². The molecule has 110 valence electrons. The van der Waals surface area contributed by atoms with Gasteiger partial charge in [0.2, 0.25) is 0 Å². The smallest absolute Gasteiger partial charge is 0.295 e. The van der Waals surface area contributed by atoms with Crippen LogP contribution in [0.3, 0.4) is 0 Å². The van der Waals surface area contributed by atoms with Crippen LogP contribution in [0.15, 0.2) is 28.7 Å². The summed E-state index contributed by atoms with van der Waals surface area (Å²) in [4.78, 5) is 14.6. The van der Waals surface area contributed by atoms with Gasteiger partial charge in [-0.2, -0.15) is 0 Å². The molecule has 1 heterocycles. The van der Waals surface area contributed by atoms with Crippen LogP contribution in [0.4, 0.5) is 15.9 Å². The van der Waals surface area contributed by atoms with Crippen molar-refractivity contribution in [1.82, 2.24) is 4.98 Å². The van der Waals surface area contributed by atoms with Gasteiger partial charge in [-0.25, -0.2) is 9.37 Å². The molecule has 1 aromatic heterocycles. The molecule has 0 bridgehead atoms. The van der Waals surface area contributed by atoms with E-state index >= 15 is 0 Å². The minimum absolute atomic E-state index is 0.0188. The predicted molar refractivity (Wildman–Crippen MR) is 83.2 cm³/mol. The van der Waals surface area contributed by atoms with E-state index < -0.39 is 10.7 Å². The van der Waals surface area contributed by atoms with Crippen LogP contribution in [0.2, 0.25) is 5.02 Å². The van der Waals surface area contributed by atoms with Gasteiger partial charge in [-0.15, -0.1) is 0 Å². The summed E-state index contributed by atoms with van der Waals surface area (Å²) in [5.74, 6) is -0.327. The Kier molecular flexibility index (Phi) is 4.74. The maximum absolute atomic E-state index is 14.3. The molecule has 0 unspecified atom stereocenters. The minimum Gasteiger partial charge on any atom is -0.370 e. The molecule has 0 amide bonds. The molecule has 0 saturated heterocycles. The van der Waals surface area contributed by atoms with E-state index in [0.29, 0.717) is 16.8 Å². The number of nitrogens with zero attached hydrogens (tertiary/aromatic N) is 2. The Morgan fingerprint density at radius 2 is 2.14 bits per heavy atom. The van der Waals surface area contributed by atoms with Gasteiger partial charge in [0.15, 0.2) is 11.5 Å². The van der Waals surface area contributed by atoms with Gasteiger partial charge in [-0.3, -0.25) is 10.1 Å². The number of nitrogens with one attached hydrogen (secondary N) is 1. The van der Waals surface area contributed by atoms with E-state index in [1.54, 1.807) is 0 Å². The van der Waals surface area contributed by atoms with Crippen LogP contribution in [0.5, 0.6) is 0 Å². The molecule has 0 atom stereocenters. The van der Waals surface area contributed by atoms with Crippen molar-refractivity contribution in [1.29, 1.82) is 0 Å². The first-order chi connectivity index (χ1) is 9.95. The van der Waals surface area contributed by atoms with Gasteiger partial charge in [0.1, 0.15) is 5.82 Å². The Morgan fingerprint density at radius 1 is 1.43 bits per heavy atom. The lowest BCUT2D eigenvalue weighted by Gasteiger charge is -2.09. The molecular formula is C13H10BrClFN3O2. The third-order valence-electron chi connectivity index (χ3n) is 2.72. The van der Waals surface area contributed by atoms with Gasteiger partial charge in [0.05, 0.1) is 9.95 Å². The molecule has 0 radical (unpaired) electrons. The maximum Gasteiger partial charge on any atom is 0.295 e. The molecule has 5 nitrogen and oxygen atoms in total. The quantitative estimate of drug-likeness (QED) is 0.481. The fourth-order valence-corrected chi connectivity index (χ4v) is 2.26. The number of hydrogen-bond acceptors (Lipinski definition) is 4. The number of halogens is 3. The average Bonchev–Trinajstić information content (AvgIpc) is 2.45. The summed E-state index contributed by atoms with van der Waals surface area (Å²) < 4.78 is 14.6. The second-order valence-corrected chi connectivity index (χ2v) is 5.31. The molecule has 2 rings (SSSR count). The monoisotopic (exact) mass is 373 g/mol. The van der Waals surface area contributed by atoms with Crippen LogP contribution in [0, 0.1) is 15.9 Å². The molecule has 1 N–H and O–H groups in total. The fraction of sp³-hybridized carbons (Fsp3) is 0.154. The molecule has 0 spiro atoms. The highest BCUT2D eigenvalue weighted by Gasteiger charge is 2.22. The summed E-state index contributed by atoms with van der Waals surface area (Å²) in [6.07, 6.45) is 0. The fourth-order valence-electron chi connectivity index (χ4n) is 1.79. The highest BCUT2D eigenvalue weighted by Crippen LogP contribution is 2.36. The number of hydrogen-bond donors (Lipinski definition) is 1. The van der Waals surface area contributed by atoms with Gasteiger partial charge >= 0.3 is 0 Å². The highest BCUT2D eigenvalue weighted by atomic mass is 79.9. The number of benzene rings is 1. The van der Waals surface area contributed by atoms with Gasteiger partial charge in [0, 0.05) is 22.6 Å². The Morgan fingerprint density at radius 3 is 2.76 bits per heavy atom. The third kappa shape index (κ3) is 3.14. The topological polar surface area (TPSA) is 68.1 Å². The van der Waals surface area contributed by atoms with Crippen LogP contribution in [-0.2, 0) is 0 Å². The summed E-state index contributed by atoms with van der Waals surface area (Å²) in [5.41, 5.74) is -0.367. The lowest BCUT2D eigenvalue weighted by molar-refractivity contribution is -0.384. The van der Waals surface area contributed by atoms with Crippen molar-refractivity contribution in [2.45, 2.75) is 6.92 Å². The molecule has 0 saturated carbocycles. The van der Waals surface area contributed by atoms with Gasteiger partial charge in [-0.05, 0) is 41.1 Å². The second kappa shape index (κ2) is 6.36. The Bertz CT molecular complexity index is 712. The zero-order valence-corrected chi connectivity index (χ0v) is 13.2. The predicted octanol–water partition coefficient (Wildman–Crippen LogP) is 4.64. The highest BCUT2D eigenvalue weighted by molar-refractivity contribution is 9.10. The van der Waals surface area contributed by atoms with E-state index in [1.807, 2.05) is 6.92 Å². The normalized spacial score (nSPS) is 10.5. The van der Waals surface area contributed by atoms with E-state index in [2.05, 4.69) is 26.2 Å². The number of anilines is 1. The molecule has 0 aliphatic carbocycles. The van der Waals surface area contributed by atoms with Crippen molar-refractivity contribution in [3.8, 4) is 11.3 Å². The van der Waals surface area contributed by atoms with E-state index in [1.165, 1.54) is 24.3 Å². The molecule has 1 aromatic carbocycles. The van der Waals surface area contributed by atoms with Crippen LogP contribution >= 0.6 is 27.5 Å². The molecule has 0 fully saturated rings. The zero-order chi connectivity index (χ0) is 15.6. The van der Waals surface area contributed by atoms with Crippen LogP contribution < -0.4 is 5.32 Å².